The molecule has 0 fully saturated rings. The van der Waals surface area contributed by atoms with Gasteiger partial charge < -0.3 is 10.0 Å². The number of amides is 1. The highest BCUT2D eigenvalue weighted by molar-refractivity contribution is 5.81. The predicted molar refractivity (Wildman–Crippen MR) is 108 cm³/mol. The van der Waals surface area contributed by atoms with Gasteiger partial charge in [-0.15, -0.1) is 0 Å². The molecular formula is C21H24N4O3. The lowest BCUT2D eigenvalue weighted by Gasteiger charge is -2.33. The Morgan fingerprint density at radius 2 is 1.96 bits per heavy atom. The molecular weight excluding hydrogens is 356 g/mol. The number of aryl methyl sites for hydroxylation is 1. The SMILES string of the molecule is Cc1cccc2nc(CCN(C(=O)O)C(C)(C)C)n(-c3cccnc3)c(=O)c12. The summed E-state index contributed by atoms with van der Waals surface area (Å²) in [7, 11) is 0. The first-order valence-electron chi connectivity index (χ1n) is 9.12. The lowest BCUT2D eigenvalue weighted by molar-refractivity contribution is 0.101. The van der Waals surface area contributed by atoms with Crippen LogP contribution in [0.5, 0.6) is 0 Å². The molecule has 146 valence electrons. The van der Waals surface area contributed by atoms with Crippen molar-refractivity contribution in [1.29, 1.82) is 0 Å². The Balaban J connectivity index is 2.16. The molecule has 3 aromatic rings. The Hall–Kier alpha value is -3.22. The van der Waals surface area contributed by atoms with E-state index in [1.54, 1.807) is 30.6 Å². The number of nitrogens with zero attached hydrogens (tertiary/aromatic N) is 4. The summed E-state index contributed by atoms with van der Waals surface area (Å²) in [5.74, 6) is 0.506. The van der Waals surface area contributed by atoms with Crippen LogP contribution in [0.3, 0.4) is 0 Å². The summed E-state index contributed by atoms with van der Waals surface area (Å²) in [6.45, 7) is 7.62. The molecule has 0 unspecified atom stereocenters. The van der Waals surface area contributed by atoms with Crippen LogP contribution in [0, 0.1) is 6.92 Å². The number of aromatic nitrogens is 3. The van der Waals surface area contributed by atoms with Crippen molar-refractivity contribution in [3.05, 3.63) is 64.5 Å². The van der Waals surface area contributed by atoms with Crippen molar-refractivity contribution in [2.24, 2.45) is 0 Å². The van der Waals surface area contributed by atoms with E-state index in [0.29, 0.717) is 28.8 Å². The van der Waals surface area contributed by atoms with Gasteiger partial charge in [0.05, 0.1) is 22.8 Å². The summed E-state index contributed by atoms with van der Waals surface area (Å²) in [6.07, 6.45) is 2.55. The molecule has 0 aliphatic rings. The van der Waals surface area contributed by atoms with E-state index < -0.39 is 11.6 Å². The fourth-order valence-electron chi connectivity index (χ4n) is 3.29. The molecule has 3 rings (SSSR count). The van der Waals surface area contributed by atoms with Gasteiger partial charge >= 0.3 is 6.09 Å². The Morgan fingerprint density at radius 1 is 1.21 bits per heavy atom. The molecule has 0 atom stereocenters. The van der Waals surface area contributed by atoms with E-state index in [4.69, 9.17) is 4.98 Å². The quantitative estimate of drug-likeness (QED) is 0.749. The summed E-state index contributed by atoms with van der Waals surface area (Å²) in [5, 5.41) is 10.1. The third-order valence-electron chi connectivity index (χ3n) is 4.68. The van der Waals surface area contributed by atoms with Crippen molar-refractivity contribution >= 4 is 17.0 Å². The number of fused-ring (bicyclic) bond motifs is 1. The molecule has 2 aromatic heterocycles. The van der Waals surface area contributed by atoms with Gasteiger partial charge in [-0.3, -0.25) is 14.3 Å². The molecule has 1 aromatic carbocycles. The summed E-state index contributed by atoms with van der Waals surface area (Å²) in [4.78, 5) is 35.2. The monoisotopic (exact) mass is 380 g/mol. The van der Waals surface area contributed by atoms with E-state index in [9.17, 15) is 14.7 Å². The largest absolute Gasteiger partial charge is 0.465 e. The number of hydrogen-bond donors (Lipinski definition) is 1. The lowest BCUT2D eigenvalue weighted by atomic mass is 10.1. The Morgan fingerprint density at radius 3 is 2.57 bits per heavy atom. The normalized spacial score (nSPS) is 11.6. The Bertz CT molecular complexity index is 1070. The van der Waals surface area contributed by atoms with E-state index in [1.807, 2.05) is 39.8 Å². The first-order chi connectivity index (χ1) is 13.2. The maximum Gasteiger partial charge on any atom is 0.407 e. The molecule has 0 spiro atoms. The minimum absolute atomic E-state index is 0.177. The zero-order valence-electron chi connectivity index (χ0n) is 16.5. The molecule has 0 saturated carbocycles. The van der Waals surface area contributed by atoms with Crippen LogP contribution in [0.1, 0.15) is 32.2 Å². The summed E-state index contributed by atoms with van der Waals surface area (Å²) >= 11 is 0. The molecule has 1 N–H and O–H groups in total. The maximum absolute atomic E-state index is 13.3. The van der Waals surface area contributed by atoms with E-state index in [1.165, 1.54) is 9.47 Å². The predicted octanol–water partition coefficient (Wildman–Crippen LogP) is 3.41. The highest BCUT2D eigenvalue weighted by Gasteiger charge is 2.26. The van der Waals surface area contributed by atoms with Gasteiger partial charge in [-0.25, -0.2) is 9.78 Å². The topological polar surface area (TPSA) is 88.3 Å². The smallest absolute Gasteiger partial charge is 0.407 e. The number of pyridine rings is 1. The lowest BCUT2D eigenvalue weighted by Crippen LogP contribution is -2.46. The van der Waals surface area contributed by atoms with Crippen LogP contribution in [0.25, 0.3) is 16.6 Å². The Kier molecular flexibility index (Phi) is 5.18. The van der Waals surface area contributed by atoms with Crippen molar-refractivity contribution in [3.8, 4) is 5.69 Å². The average Bonchev–Trinajstić information content (AvgIpc) is 2.61. The standard InChI is InChI=1S/C21H24N4O3/c1-14-7-5-9-16-18(14)19(26)25(15-8-6-11-22-13-15)17(23-16)10-12-24(20(27)28)21(2,3)4/h5-9,11,13H,10,12H2,1-4H3,(H,27,28). The number of rotatable bonds is 4. The van der Waals surface area contributed by atoms with Crippen LogP contribution in [-0.2, 0) is 6.42 Å². The van der Waals surface area contributed by atoms with Crippen molar-refractivity contribution in [1.82, 2.24) is 19.4 Å². The van der Waals surface area contributed by atoms with Crippen molar-refractivity contribution in [3.63, 3.8) is 0 Å². The molecule has 1 amide bonds. The van der Waals surface area contributed by atoms with Gasteiger partial charge in [0.2, 0.25) is 0 Å². The Labute approximate surface area is 163 Å². The van der Waals surface area contributed by atoms with E-state index in [-0.39, 0.29) is 12.1 Å². The maximum atomic E-state index is 13.3. The molecule has 0 saturated heterocycles. The fourth-order valence-corrected chi connectivity index (χ4v) is 3.29. The van der Waals surface area contributed by atoms with Crippen molar-refractivity contribution in [2.75, 3.05) is 6.54 Å². The third-order valence-corrected chi connectivity index (χ3v) is 4.68. The van der Waals surface area contributed by atoms with Gasteiger partial charge in [-0.2, -0.15) is 0 Å². The third kappa shape index (κ3) is 3.74. The van der Waals surface area contributed by atoms with Gasteiger partial charge in [-0.05, 0) is 51.5 Å². The number of carbonyl (C=O) groups is 1. The minimum Gasteiger partial charge on any atom is -0.465 e. The molecule has 0 aliphatic heterocycles. The van der Waals surface area contributed by atoms with Crippen LogP contribution in [0.15, 0.2) is 47.5 Å². The second kappa shape index (κ2) is 7.42. The minimum atomic E-state index is -1.00. The number of hydrogen-bond acceptors (Lipinski definition) is 4. The van der Waals surface area contributed by atoms with Crippen LogP contribution in [-0.4, -0.2) is 42.7 Å². The van der Waals surface area contributed by atoms with Gasteiger partial charge in [0.1, 0.15) is 5.82 Å². The van der Waals surface area contributed by atoms with E-state index >= 15 is 0 Å². The van der Waals surface area contributed by atoms with E-state index in [2.05, 4.69) is 4.98 Å². The zero-order valence-corrected chi connectivity index (χ0v) is 16.5. The van der Waals surface area contributed by atoms with Gasteiger partial charge in [0, 0.05) is 24.7 Å². The fraction of sp³-hybridized carbons (Fsp3) is 0.333. The number of benzene rings is 1. The molecule has 0 aliphatic carbocycles. The van der Waals surface area contributed by atoms with Crippen LogP contribution >= 0.6 is 0 Å². The molecule has 2 heterocycles. The van der Waals surface area contributed by atoms with Gasteiger partial charge in [0.15, 0.2) is 0 Å². The summed E-state index contributed by atoms with van der Waals surface area (Å²) in [6, 6.07) is 9.10. The molecule has 0 bridgehead atoms. The first-order valence-corrected chi connectivity index (χ1v) is 9.12. The van der Waals surface area contributed by atoms with E-state index in [0.717, 1.165) is 5.56 Å². The van der Waals surface area contributed by atoms with Crippen LogP contribution in [0.2, 0.25) is 0 Å². The molecule has 0 radical (unpaired) electrons. The zero-order chi connectivity index (χ0) is 20.5. The highest BCUT2D eigenvalue weighted by atomic mass is 16.4. The van der Waals surface area contributed by atoms with Gasteiger partial charge in [0.25, 0.3) is 5.56 Å². The van der Waals surface area contributed by atoms with Crippen LogP contribution < -0.4 is 5.56 Å². The highest BCUT2D eigenvalue weighted by Crippen LogP contribution is 2.18. The second-order valence-corrected chi connectivity index (χ2v) is 7.70. The molecule has 7 heteroatoms. The van der Waals surface area contributed by atoms with Crippen LogP contribution in [0.4, 0.5) is 4.79 Å². The molecule has 7 nitrogen and oxygen atoms in total. The molecule has 28 heavy (non-hydrogen) atoms. The second-order valence-electron chi connectivity index (χ2n) is 7.70. The van der Waals surface area contributed by atoms with Crippen molar-refractivity contribution in [2.45, 2.75) is 39.7 Å². The summed E-state index contributed by atoms with van der Waals surface area (Å²) < 4.78 is 1.53. The average molecular weight is 380 g/mol. The van der Waals surface area contributed by atoms with Gasteiger partial charge in [-0.1, -0.05) is 12.1 Å². The first kappa shape index (κ1) is 19.5. The summed E-state index contributed by atoms with van der Waals surface area (Å²) in [5.41, 5.74) is 1.33. The van der Waals surface area contributed by atoms with Crippen molar-refractivity contribution < 1.29 is 9.90 Å². The number of carboxylic acid groups (broad SMARTS) is 1.